The van der Waals surface area contributed by atoms with Crippen LogP contribution in [-0.4, -0.2) is 112 Å². The maximum Gasteiger partial charge on any atom is 0.248 e. The highest BCUT2D eigenvalue weighted by Gasteiger charge is 2.47. The number of likely N-dealkylation sites (tertiary alicyclic amines) is 1. The summed E-state index contributed by atoms with van der Waals surface area (Å²) in [4.78, 5) is 29.9. The lowest BCUT2D eigenvalue weighted by Gasteiger charge is -2.42. The van der Waals surface area contributed by atoms with Crippen molar-refractivity contribution >= 4 is 49.1 Å². The highest BCUT2D eigenvalue weighted by Crippen LogP contribution is 2.43. The molecule has 51 heavy (non-hydrogen) atoms. The Balaban J connectivity index is 1.18. The van der Waals surface area contributed by atoms with Crippen LogP contribution in [0.25, 0.3) is 22.3 Å². The molecular formula is C36H39FN8O4S2. The molecule has 1 N–H and O–H groups in total. The molecule has 4 aromatic rings. The number of β-amino-alcohol motifs (C(OH)–C–C–N with tert-alkyl or cyclic N) is 1. The van der Waals surface area contributed by atoms with Gasteiger partial charge in [-0.3, -0.25) is 14.7 Å². The number of halogens is 1. The molecule has 1 aromatic carbocycles. The number of nitrogens with zero attached hydrogens (tertiary/aromatic N) is 8. The number of carbonyl (C=O) groups excluding carboxylic acids is 1. The van der Waals surface area contributed by atoms with Crippen molar-refractivity contribution in [2.24, 2.45) is 5.92 Å². The van der Waals surface area contributed by atoms with Crippen LogP contribution in [0.15, 0.2) is 72.7 Å². The minimum absolute atomic E-state index is 0.0159. The zero-order valence-corrected chi connectivity index (χ0v) is 30.2. The molecular weight excluding hydrogens is 692 g/mol. The van der Waals surface area contributed by atoms with Crippen molar-refractivity contribution in [3.8, 4) is 17.3 Å². The summed E-state index contributed by atoms with van der Waals surface area (Å²) in [5.74, 6) is -0.680. The highest BCUT2D eigenvalue weighted by atomic mass is 32.2. The van der Waals surface area contributed by atoms with Gasteiger partial charge < -0.3 is 19.8 Å². The van der Waals surface area contributed by atoms with E-state index in [9.17, 15) is 28.0 Å². The van der Waals surface area contributed by atoms with Crippen LogP contribution in [-0.2, 0) is 14.8 Å². The van der Waals surface area contributed by atoms with Crippen molar-refractivity contribution in [3.63, 3.8) is 0 Å². The van der Waals surface area contributed by atoms with E-state index in [4.69, 9.17) is 4.98 Å². The third-order valence-electron chi connectivity index (χ3n) is 10.2. The first-order valence-corrected chi connectivity index (χ1v) is 19.1. The lowest BCUT2D eigenvalue weighted by Crippen LogP contribution is -2.57. The average molecular weight is 731 g/mol. The maximum absolute atomic E-state index is 15.0. The number of anilines is 2. The summed E-state index contributed by atoms with van der Waals surface area (Å²) in [5.41, 5.74) is 3.23. The van der Waals surface area contributed by atoms with Crippen molar-refractivity contribution in [3.05, 3.63) is 83.4 Å². The largest absolute Gasteiger partial charge is 0.389 e. The smallest absolute Gasteiger partial charge is 0.248 e. The van der Waals surface area contributed by atoms with Gasteiger partial charge in [-0.15, -0.1) is 0 Å². The van der Waals surface area contributed by atoms with Crippen molar-refractivity contribution in [1.82, 2.24) is 28.6 Å². The lowest BCUT2D eigenvalue weighted by atomic mass is 9.85. The Morgan fingerprint density at radius 1 is 1.18 bits per heavy atom. The van der Waals surface area contributed by atoms with Crippen molar-refractivity contribution in [1.29, 1.82) is 5.26 Å². The molecule has 2 atom stereocenters. The van der Waals surface area contributed by atoms with Gasteiger partial charge in [-0.25, -0.2) is 21.8 Å². The predicted molar refractivity (Wildman–Crippen MR) is 194 cm³/mol. The molecule has 15 heteroatoms. The molecule has 266 valence electrons. The van der Waals surface area contributed by atoms with Crippen LogP contribution >= 0.6 is 11.3 Å². The number of hydrogen-bond donors (Lipinski definition) is 1. The average Bonchev–Trinajstić information content (AvgIpc) is 3.73. The number of nitriles is 1. The Bertz CT molecular complexity index is 2180. The quantitative estimate of drug-likeness (QED) is 0.267. The van der Waals surface area contributed by atoms with Crippen molar-refractivity contribution in [2.45, 2.75) is 31.1 Å². The Kier molecular flexibility index (Phi) is 9.21. The van der Waals surface area contributed by atoms with E-state index in [2.05, 4.69) is 20.9 Å². The van der Waals surface area contributed by atoms with E-state index in [1.54, 1.807) is 60.4 Å². The van der Waals surface area contributed by atoms with Crippen LogP contribution < -0.4 is 4.90 Å². The van der Waals surface area contributed by atoms with Gasteiger partial charge in [0.2, 0.25) is 15.9 Å². The summed E-state index contributed by atoms with van der Waals surface area (Å²) >= 11 is 1.16. The van der Waals surface area contributed by atoms with Crippen LogP contribution in [0.2, 0.25) is 0 Å². The number of aliphatic hydroxyl groups is 1. The minimum Gasteiger partial charge on any atom is -0.389 e. The normalized spacial score (nSPS) is 21.4. The second kappa shape index (κ2) is 13.5. The van der Waals surface area contributed by atoms with Crippen LogP contribution in [0.3, 0.4) is 0 Å². The van der Waals surface area contributed by atoms with Gasteiger partial charge in [-0.1, -0.05) is 24.3 Å². The molecule has 3 aliphatic rings. The number of pyridine rings is 1. The van der Waals surface area contributed by atoms with E-state index in [0.717, 1.165) is 17.0 Å². The molecule has 1 amide bonds. The molecule has 12 nitrogen and oxygen atoms in total. The molecule has 5 heterocycles. The standard InChI is InChI=1S/C36H39FN8O4S2/c1-4-25-9-12-27(43-16-14-42(15-17-43)23-32(47)44-20-28(46)21-44)18-36(25,2)51(48,49)45-22-30(34-29(45)6-5-13-39-34)41(3)35-40-33(31(19-38)50-35)24-7-10-26(37)11-8-24/h5-13,18,22,25,28,46H,4,14-17,20-21,23H2,1-3H3. The highest BCUT2D eigenvalue weighted by molar-refractivity contribution is 7.91. The number of thiazole rings is 1. The van der Waals surface area contributed by atoms with Crippen LogP contribution in [0.1, 0.15) is 25.1 Å². The van der Waals surface area contributed by atoms with E-state index in [0.29, 0.717) is 90.2 Å². The Hall–Kier alpha value is -4.62. The number of benzene rings is 1. The summed E-state index contributed by atoms with van der Waals surface area (Å²) in [6.07, 6.45) is 9.24. The Morgan fingerprint density at radius 2 is 1.90 bits per heavy atom. The van der Waals surface area contributed by atoms with Gasteiger partial charge in [0, 0.05) is 75.9 Å². The number of aliphatic hydroxyl groups excluding tert-OH is 1. The Labute approximate surface area is 300 Å². The van der Waals surface area contributed by atoms with Crippen molar-refractivity contribution in [2.75, 3.05) is 57.8 Å². The number of carbonyl (C=O) groups is 1. The van der Waals surface area contributed by atoms with E-state index in [1.807, 2.05) is 25.2 Å². The van der Waals surface area contributed by atoms with Crippen LogP contribution in [0.5, 0.6) is 0 Å². The van der Waals surface area contributed by atoms with Gasteiger partial charge in [0.1, 0.15) is 32.7 Å². The maximum atomic E-state index is 15.0. The molecule has 0 saturated carbocycles. The summed E-state index contributed by atoms with van der Waals surface area (Å²) in [6, 6.07) is 11.4. The molecule has 0 bridgehead atoms. The zero-order chi connectivity index (χ0) is 36.1. The third-order valence-corrected chi connectivity index (χ3v) is 13.6. The first-order valence-electron chi connectivity index (χ1n) is 16.9. The predicted octanol–water partition coefficient (Wildman–Crippen LogP) is 4.18. The monoisotopic (exact) mass is 730 g/mol. The fraction of sp³-hybridized carbons (Fsp3) is 0.389. The minimum atomic E-state index is -4.10. The van der Waals surface area contributed by atoms with Gasteiger partial charge in [0.05, 0.1) is 23.9 Å². The first-order chi connectivity index (χ1) is 24.4. The van der Waals surface area contributed by atoms with Gasteiger partial charge in [-0.05, 0) is 61.9 Å². The number of allylic oxidation sites excluding steroid dienone is 2. The second-order valence-electron chi connectivity index (χ2n) is 13.4. The number of rotatable bonds is 9. The van der Waals surface area contributed by atoms with Gasteiger partial charge in [0.25, 0.3) is 0 Å². The molecule has 3 aromatic heterocycles. The molecule has 2 aliphatic heterocycles. The zero-order valence-electron chi connectivity index (χ0n) is 28.6. The number of aromatic nitrogens is 3. The third kappa shape index (κ3) is 6.20. The van der Waals surface area contributed by atoms with E-state index in [1.165, 1.54) is 16.1 Å². The Morgan fingerprint density at radius 3 is 2.57 bits per heavy atom. The topological polar surface area (TPSA) is 139 Å². The molecule has 0 spiro atoms. The number of piperazine rings is 1. The SMILES string of the molecule is CCC1C=CC(N2CCN(CC(=O)N3CC(O)C3)CC2)=CC1(C)S(=O)(=O)n1cc(N(C)c2nc(-c3ccc(F)cc3)c(C#N)s2)c2ncccc21. The lowest BCUT2D eigenvalue weighted by molar-refractivity contribution is -0.142. The summed E-state index contributed by atoms with van der Waals surface area (Å²) in [6.45, 7) is 7.43. The number of amides is 1. The molecule has 1 aliphatic carbocycles. The molecule has 2 unspecified atom stereocenters. The van der Waals surface area contributed by atoms with Gasteiger partial charge in [0.15, 0.2) is 5.13 Å². The number of fused-ring (bicyclic) bond motifs is 1. The fourth-order valence-corrected chi connectivity index (χ4v) is 9.90. The van der Waals surface area contributed by atoms with E-state index in [-0.39, 0.29) is 11.8 Å². The molecule has 2 saturated heterocycles. The van der Waals surface area contributed by atoms with Crippen LogP contribution in [0, 0.1) is 23.1 Å². The fourth-order valence-electron chi connectivity index (χ4n) is 7.08. The van der Waals surface area contributed by atoms with E-state index < -0.39 is 26.7 Å². The van der Waals surface area contributed by atoms with Gasteiger partial charge >= 0.3 is 0 Å². The molecule has 0 radical (unpaired) electrons. The summed E-state index contributed by atoms with van der Waals surface area (Å²) in [7, 11) is -2.34. The summed E-state index contributed by atoms with van der Waals surface area (Å²) in [5, 5.41) is 19.9. The first kappa shape index (κ1) is 34.8. The van der Waals surface area contributed by atoms with Crippen LogP contribution in [0.4, 0.5) is 15.2 Å². The molecule has 7 rings (SSSR count). The second-order valence-corrected chi connectivity index (χ2v) is 16.6. The van der Waals surface area contributed by atoms with Crippen molar-refractivity contribution < 1.29 is 22.7 Å². The molecule has 2 fully saturated rings. The van der Waals surface area contributed by atoms with E-state index >= 15 is 0 Å². The van der Waals surface area contributed by atoms with Gasteiger partial charge in [-0.2, -0.15) is 5.26 Å². The number of hydrogen-bond acceptors (Lipinski definition) is 11. The summed E-state index contributed by atoms with van der Waals surface area (Å²) < 4.78 is 43.6.